The summed E-state index contributed by atoms with van der Waals surface area (Å²) in [5.74, 6) is 0.547. The number of aliphatic hydroxyl groups excluding tert-OH is 1. The Morgan fingerprint density at radius 2 is 1.67 bits per heavy atom. The number of hydrogen-bond acceptors (Lipinski definition) is 4. The van der Waals surface area contributed by atoms with Gasteiger partial charge in [0.2, 0.25) is 0 Å². The summed E-state index contributed by atoms with van der Waals surface area (Å²) in [6, 6.07) is 13.1. The monoisotopic (exact) mass is 782 g/mol. The van der Waals surface area contributed by atoms with Gasteiger partial charge in [0.25, 0.3) is 0 Å². The molecule has 0 atom stereocenters. The fourth-order valence-electron chi connectivity index (χ4n) is 4.48. The average Bonchev–Trinajstić information content (AvgIpc) is 3.43. The standard InChI is InChI=1S/C17H8F3N2Se.C13H24O2.Ir/c18-17(19,20)14-11-5-2-1-4-10(11)8-12-15(13-6-3-7-23-13)21-9-22-16(12)14;1-5-10(6-2)12(14)9-13(15)11(7-3)8-4;/h1-5,7-9H;9-11,14H,5-8H2,1-4H3;/q-1;;/b;12-9-;. The summed E-state index contributed by atoms with van der Waals surface area (Å²) in [5.41, 5.74) is -0.220. The van der Waals surface area contributed by atoms with E-state index >= 15 is 0 Å². The Morgan fingerprint density at radius 3 is 2.23 bits per heavy atom. The van der Waals surface area contributed by atoms with Gasteiger partial charge in [-0.2, -0.15) is 0 Å². The van der Waals surface area contributed by atoms with Crippen LogP contribution in [0.2, 0.25) is 0 Å². The summed E-state index contributed by atoms with van der Waals surface area (Å²) in [4.78, 5) is 21.8. The predicted molar refractivity (Wildman–Crippen MR) is 147 cm³/mol. The van der Waals surface area contributed by atoms with Crippen molar-refractivity contribution in [3.05, 3.63) is 71.1 Å². The molecule has 0 saturated carbocycles. The third kappa shape index (κ3) is 7.88. The summed E-state index contributed by atoms with van der Waals surface area (Å²) in [6.45, 7) is 8.07. The van der Waals surface area contributed by atoms with Crippen molar-refractivity contribution in [3.63, 3.8) is 0 Å². The van der Waals surface area contributed by atoms with Gasteiger partial charge < -0.3 is 5.11 Å². The molecule has 2 aromatic carbocycles. The van der Waals surface area contributed by atoms with Gasteiger partial charge >= 0.3 is 135 Å². The maximum Gasteiger partial charge on any atom is 0 e. The first-order chi connectivity index (χ1) is 18.2. The van der Waals surface area contributed by atoms with Crippen molar-refractivity contribution in [2.75, 3.05) is 0 Å². The van der Waals surface area contributed by atoms with E-state index < -0.39 is 11.7 Å². The molecule has 4 rings (SSSR count). The van der Waals surface area contributed by atoms with E-state index in [1.807, 2.05) is 32.6 Å². The third-order valence-electron chi connectivity index (χ3n) is 6.70. The second-order valence-corrected chi connectivity index (χ2v) is 10.9. The van der Waals surface area contributed by atoms with Crippen molar-refractivity contribution in [3.8, 4) is 10.1 Å². The van der Waals surface area contributed by atoms with Crippen LogP contribution >= 0.6 is 0 Å². The van der Waals surface area contributed by atoms with Crippen LogP contribution in [0.3, 0.4) is 0 Å². The van der Waals surface area contributed by atoms with Crippen LogP contribution in [0.15, 0.2) is 59.5 Å². The fourth-order valence-corrected chi connectivity index (χ4v) is 5.91. The molecule has 0 unspecified atom stereocenters. The van der Waals surface area contributed by atoms with E-state index in [0.717, 1.165) is 30.1 Å². The van der Waals surface area contributed by atoms with Crippen LogP contribution in [0.1, 0.15) is 58.9 Å². The van der Waals surface area contributed by atoms with Crippen molar-refractivity contribution >= 4 is 42.0 Å². The van der Waals surface area contributed by atoms with Gasteiger partial charge in [0.1, 0.15) is 0 Å². The van der Waals surface area contributed by atoms with Gasteiger partial charge in [-0.3, -0.25) is 4.79 Å². The SMILES string of the molecule is CCC(CC)C(=O)/C=C(\O)C(CC)CC.FC(F)(F)c1c2ccccc2cc2c(-c3[c-]cc[se]3)ncnc12.[Ir]. The first-order valence-electron chi connectivity index (χ1n) is 12.8. The molecule has 0 aliphatic rings. The second kappa shape index (κ2) is 14.9. The summed E-state index contributed by atoms with van der Waals surface area (Å²) in [5, 5.41) is 10.9. The van der Waals surface area contributed by atoms with E-state index in [9.17, 15) is 23.1 Å². The Morgan fingerprint density at radius 1 is 1.03 bits per heavy atom. The summed E-state index contributed by atoms with van der Waals surface area (Å²) < 4.78 is 41.8. The third-order valence-corrected chi connectivity index (χ3v) is 8.42. The van der Waals surface area contributed by atoms with Gasteiger partial charge in [-0.25, -0.2) is 0 Å². The molecule has 2 heterocycles. The number of fused-ring (bicyclic) bond motifs is 2. The van der Waals surface area contributed by atoms with Crippen LogP contribution in [0.4, 0.5) is 13.2 Å². The minimum atomic E-state index is -4.48. The number of halogens is 3. The molecule has 0 aliphatic carbocycles. The van der Waals surface area contributed by atoms with Crippen LogP contribution in [0.5, 0.6) is 0 Å². The van der Waals surface area contributed by atoms with Gasteiger partial charge in [0, 0.05) is 38.0 Å². The fraction of sp³-hybridized carbons (Fsp3) is 0.367. The maximum absolute atomic E-state index is 13.7. The first kappa shape index (κ1) is 32.9. The van der Waals surface area contributed by atoms with Crippen molar-refractivity contribution in [1.82, 2.24) is 9.97 Å². The van der Waals surface area contributed by atoms with E-state index in [-0.39, 0.29) is 68.9 Å². The largest absolute Gasteiger partial charge is 0 e. The number of carbonyl (C=O) groups excluding carboxylic acids is 1. The van der Waals surface area contributed by atoms with Crippen molar-refractivity contribution in [2.45, 2.75) is 59.6 Å². The normalized spacial score (nSPS) is 12.0. The average molecular weight is 781 g/mol. The minimum absolute atomic E-state index is 0. The van der Waals surface area contributed by atoms with Crippen molar-refractivity contribution in [1.29, 1.82) is 0 Å². The molecule has 4 aromatic rings. The molecule has 211 valence electrons. The molecular weight excluding hydrogens is 749 g/mol. The first-order valence-corrected chi connectivity index (χ1v) is 14.6. The van der Waals surface area contributed by atoms with Crippen LogP contribution in [0.25, 0.3) is 31.8 Å². The van der Waals surface area contributed by atoms with E-state index in [0.29, 0.717) is 16.5 Å². The minimum Gasteiger partial charge on any atom is 0 e. The molecule has 0 aliphatic heterocycles. The molecule has 0 bridgehead atoms. The smallest absolute Gasteiger partial charge is 0 e. The Hall–Kier alpha value is -2.31. The number of allylic oxidation sites excluding steroid dienone is 2. The Kier molecular flexibility index (Phi) is 12.6. The predicted octanol–water partition coefficient (Wildman–Crippen LogP) is 8.19. The van der Waals surface area contributed by atoms with E-state index in [4.69, 9.17) is 0 Å². The molecule has 4 nitrogen and oxygen atoms in total. The van der Waals surface area contributed by atoms with Gasteiger partial charge in [0.15, 0.2) is 5.78 Å². The molecule has 2 aromatic heterocycles. The van der Waals surface area contributed by atoms with E-state index in [1.54, 1.807) is 30.3 Å². The van der Waals surface area contributed by atoms with Gasteiger partial charge in [-0.05, 0) is 25.7 Å². The molecule has 0 spiro atoms. The number of carbonyl (C=O) groups is 1. The number of hydrogen-bond donors (Lipinski definition) is 1. The number of ketones is 1. The molecule has 39 heavy (non-hydrogen) atoms. The quantitative estimate of drug-likeness (QED) is 0.0645. The van der Waals surface area contributed by atoms with Crippen molar-refractivity contribution in [2.24, 2.45) is 11.8 Å². The molecular formula is C30H32F3IrN2O2Se-. The van der Waals surface area contributed by atoms with Crippen LogP contribution in [-0.4, -0.2) is 35.4 Å². The molecule has 1 radical (unpaired) electrons. The molecule has 9 heteroatoms. The van der Waals surface area contributed by atoms with Crippen LogP contribution in [-0.2, 0) is 31.1 Å². The molecule has 1 N–H and O–H groups in total. The van der Waals surface area contributed by atoms with Crippen molar-refractivity contribution < 1.29 is 43.2 Å². The van der Waals surface area contributed by atoms with Crippen LogP contribution in [0, 0.1) is 17.9 Å². The van der Waals surface area contributed by atoms with Gasteiger partial charge in [0.05, 0.1) is 5.76 Å². The van der Waals surface area contributed by atoms with Gasteiger partial charge in [-0.15, -0.1) is 0 Å². The number of aliphatic hydroxyl groups is 1. The number of rotatable bonds is 8. The summed E-state index contributed by atoms with van der Waals surface area (Å²) >= 11 is 0.0331. The number of alkyl halides is 3. The summed E-state index contributed by atoms with van der Waals surface area (Å²) in [7, 11) is 0. The zero-order chi connectivity index (χ0) is 27.9. The Balaban J connectivity index is 0.000000294. The van der Waals surface area contributed by atoms with E-state index in [2.05, 4.69) is 16.0 Å². The zero-order valence-corrected chi connectivity index (χ0v) is 26.4. The zero-order valence-electron chi connectivity index (χ0n) is 22.3. The number of aromatic nitrogens is 2. The molecule has 0 amide bonds. The molecule has 0 fully saturated rings. The van der Waals surface area contributed by atoms with E-state index in [1.165, 1.54) is 18.5 Å². The number of benzene rings is 2. The number of nitrogens with zero attached hydrogens (tertiary/aromatic N) is 2. The maximum atomic E-state index is 13.7. The Bertz CT molecular complexity index is 1400. The molecule has 0 saturated heterocycles. The topological polar surface area (TPSA) is 63.1 Å². The summed E-state index contributed by atoms with van der Waals surface area (Å²) in [6.07, 6.45) is 1.62. The second-order valence-electron chi connectivity index (χ2n) is 8.98. The Labute approximate surface area is 246 Å². The van der Waals surface area contributed by atoms with Crippen LogP contribution < -0.4 is 0 Å². The van der Waals surface area contributed by atoms with Gasteiger partial charge in [-0.1, -0.05) is 27.7 Å².